The van der Waals surface area contributed by atoms with Gasteiger partial charge in [0.1, 0.15) is 5.54 Å². The molecule has 2 aromatic carbocycles. The van der Waals surface area contributed by atoms with Crippen molar-refractivity contribution >= 4 is 40.8 Å². The first-order valence-electron chi connectivity index (χ1n) is 7.00. The third kappa shape index (κ3) is 2.30. The molecule has 3 amide bonds. The summed E-state index contributed by atoms with van der Waals surface area (Å²) in [5, 5.41) is 0.662. The average molecular weight is 349 g/mol. The fraction of sp³-hybridized carbons (Fsp3) is 0.176. The van der Waals surface area contributed by atoms with Crippen LogP contribution in [-0.4, -0.2) is 23.9 Å². The number of amides is 3. The summed E-state index contributed by atoms with van der Waals surface area (Å²) in [5.41, 5.74) is 0.0918. The van der Waals surface area contributed by atoms with Gasteiger partial charge in [-0.3, -0.25) is 4.79 Å². The van der Waals surface area contributed by atoms with Gasteiger partial charge in [0.2, 0.25) is 0 Å². The molecule has 6 heteroatoms. The first kappa shape index (κ1) is 15.8. The Morgan fingerprint density at radius 2 is 1.61 bits per heavy atom. The number of likely N-dealkylation sites (N-methyl/N-ethyl adjacent to an activating group) is 1. The summed E-state index contributed by atoms with van der Waals surface area (Å²) in [5.74, 6) is -0.324. The third-order valence-corrected chi connectivity index (χ3v) is 5.00. The summed E-state index contributed by atoms with van der Waals surface area (Å²) >= 11 is 11.9. The van der Waals surface area contributed by atoms with Gasteiger partial charge in [0.15, 0.2) is 0 Å². The van der Waals surface area contributed by atoms with Crippen molar-refractivity contribution in [3.63, 3.8) is 0 Å². The Kier molecular flexibility index (Phi) is 3.82. The number of nitrogens with zero attached hydrogens (tertiary/aromatic N) is 2. The lowest BCUT2D eigenvalue weighted by Crippen LogP contribution is -2.42. The molecular weight excluding hydrogens is 335 g/mol. The molecule has 1 aliphatic heterocycles. The molecule has 1 fully saturated rings. The van der Waals surface area contributed by atoms with E-state index in [-0.39, 0.29) is 5.91 Å². The highest BCUT2D eigenvalue weighted by Crippen LogP contribution is 2.39. The molecule has 1 aliphatic rings. The number of urea groups is 1. The highest BCUT2D eigenvalue weighted by molar-refractivity contribution is 6.42. The molecule has 2 aromatic rings. The molecule has 1 unspecified atom stereocenters. The summed E-state index contributed by atoms with van der Waals surface area (Å²) in [6.45, 7) is 1.74. The molecule has 0 radical (unpaired) electrons. The van der Waals surface area contributed by atoms with Crippen LogP contribution in [0.4, 0.5) is 10.5 Å². The zero-order valence-electron chi connectivity index (χ0n) is 12.6. The van der Waals surface area contributed by atoms with E-state index < -0.39 is 11.6 Å². The van der Waals surface area contributed by atoms with E-state index in [4.69, 9.17) is 23.2 Å². The predicted molar refractivity (Wildman–Crippen MR) is 90.9 cm³/mol. The summed E-state index contributed by atoms with van der Waals surface area (Å²) in [6, 6.07) is 13.5. The summed E-state index contributed by atoms with van der Waals surface area (Å²) in [6.07, 6.45) is 0. The van der Waals surface area contributed by atoms with Crippen LogP contribution in [0, 0.1) is 0 Å². The molecule has 1 heterocycles. The normalized spacial score (nSPS) is 21.2. The van der Waals surface area contributed by atoms with Crippen molar-refractivity contribution in [2.75, 3.05) is 11.9 Å². The molecule has 0 aliphatic carbocycles. The lowest BCUT2D eigenvalue weighted by molar-refractivity contribution is -0.124. The minimum Gasteiger partial charge on any atom is -0.308 e. The number of benzene rings is 2. The zero-order chi connectivity index (χ0) is 16.8. The SMILES string of the molecule is CN1C(=O)N(c2ccc(Cl)c(Cl)c2)C(=O)C1(C)c1ccccc1. The van der Waals surface area contributed by atoms with E-state index in [0.717, 1.165) is 10.5 Å². The molecule has 1 saturated heterocycles. The van der Waals surface area contributed by atoms with Crippen molar-refractivity contribution in [3.05, 3.63) is 64.1 Å². The van der Waals surface area contributed by atoms with E-state index in [1.807, 2.05) is 30.3 Å². The van der Waals surface area contributed by atoms with Crippen LogP contribution in [0.25, 0.3) is 0 Å². The second kappa shape index (κ2) is 5.55. The molecule has 1 atom stereocenters. The number of imide groups is 1. The molecule has 0 spiro atoms. The highest BCUT2D eigenvalue weighted by atomic mass is 35.5. The number of rotatable bonds is 2. The maximum Gasteiger partial charge on any atom is 0.332 e. The first-order chi connectivity index (χ1) is 10.9. The minimum atomic E-state index is -1.07. The van der Waals surface area contributed by atoms with E-state index in [1.165, 1.54) is 11.0 Å². The predicted octanol–water partition coefficient (Wildman–Crippen LogP) is 4.31. The maximum atomic E-state index is 13.0. The van der Waals surface area contributed by atoms with Gasteiger partial charge in [-0.05, 0) is 30.7 Å². The van der Waals surface area contributed by atoms with Crippen LogP contribution in [0.15, 0.2) is 48.5 Å². The van der Waals surface area contributed by atoms with Gasteiger partial charge in [-0.1, -0.05) is 53.5 Å². The smallest absolute Gasteiger partial charge is 0.308 e. The Balaban J connectivity index is 2.10. The van der Waals surface area contributed by atoms with E-state index >= 15 is 0 Å². The van der Waals surface area contributed by atoms with Crippen LogP contribution in [0.3, 0.4) is 0 Å². The molecule has 0 N–H and O–H groups in total. The second-order valence-corrected chi connectivity index (χ2v) is 6.33. The molecule has 118 valence electrons. The van der Waals surface area contributed by atoms with Crippen LogP contribution < -0.4 is 4.90 Å². The summed E-state index contributed by atoms with van der Waals surface area (Å²) < 4.78 is 0. The number of hydrogen-bond donors (Lipinski definition) is 0. The monoisotopic (exact) mass is 348 g/mol. The Bertz CT molecular complexity index is 794. The number of carbonyl (C=O) groups excluding carboxylic acids is 2. The lowest BCUT2D eigenvalue weighted by Gasteiger charge is -2.28. The van der Waals surface area contributed by atoms with Gasteiger partial charge in [0.25, 0.3) is 5.91 Å². The van der Waals surface area contributed by atoms with Gasteiger partial charge in [-0.2, -0.15) is 0 Å². The van der Waals surface area contributed by atoms with Crippen molar-refractivity contribution in [1.82, 2.24) is 4.90 Å². The van der Waals surface area contributed by atoms with Crippen molar-refractivity contribution in [2.24, 2.45) is 0 Å². The second-order valence-electron chi connectivity index (χ2n) is 5.52. The lowest BCUT2D eigenvalue weighted by atomic mass is 9.91. The molecule has 3 rings (SSSR count). The topological polar surface area (TPSA) is 40.6 Å². The number of hydrogen-bond acceptors (Lipinski definition) is 2. The van der Waals surface area contributed by atoms with Crippen LogP contribution in [-0.2, 0) is 10.3 Å². The van der Waals surface area contributed by atoms with Crippen molar-refractivity contribution in [2.45, 2.75) is 12.5 Å². The molecule has 0 aromatic heterocycles. The molecule has 0 bridgehead atoms. The molecule has 0 saturated carbocycles. The van der Waals surface area contributed by atoms with Crippen LogP contribution >= 0.6 is 23.2 Å². The Morgan fingerprint density at radius 3 is 2.22 bits per heavy atom. The summed E-state index contributed by atoms with van der Waals surface area (Å²) in [7, 11) is 1.62. The highest BCUT2D eigenvalue weighted by Gasteiger charge is 2.54. The Hall–Kier alpha value is -2.04. The number of anilines is 1. The number of halogens is 2. The minimum absolute atomic E-state index is 0.292. The van der Waals surface area contributed by atoms with Gasteiger partial charge in [-0.15, -0.1) is 0 Å². The van der Waals surface area contributed by atoms with E-state index in [0.29, 0.717) is 15.7 Å². The van der Waals surface area contributed by atoms with Gasteiger partial charge >= 0.3 is 6.03 Å². The molecule has 4 nitrogen and oxygen atoms in total. The Labute approximate surface area is 144 Å². The first-order valence-corrected chi connectivity index (χ1v) is 7.76. The van der Waals surface area contributed by atoms with Crippen LogP contribution in [0.5, 0.6) is 0 Å². The zero-order valence-corrected chi connectivity index (χ0v) is 14.1. The van der Waals surface area contributed by atoms with Crippen LogP contribution in [0.1, 0.15) is 12.5 Å². The largest absolute Gasteiger partial charge is 0.332 e. The Morgan fingerprint density at radius 1 is 0.957 bits per heavy atom. The van der Waals surface area contributed by atoms with Gasteiger partial charge in [0.05, 0.1) is 15.7 Å². The fourth-order valence-corrected chi connectivity index (χ4v) is 3.01. The fourth-order valence-electron chi connectivity index (χ4n) is 2.72. The van der Waals surface area contributed by atoms with E-state index in [9.17, 15) is 9.59 Å². The van der Waals surface area contributed by atoms with Gasteiger partial charge in [0, 0.05) is 7.05 Å². The van der Waals surface area contributed by atoms with Crippen molar-refractivity contribution in [3.8, 4) is 0 Å². The van der Waals surface area contributed by atoms with E-state index in [2.05, 4.69) is 0 Å². The molecular formula is C17H14Cl2N2O2. The third-order valence-electron chi connectivity index (χ3n) is 4.27. The quantitative estimate of drug-likeness (QED) is 0.758. The summed E-state index contributed by atoms with van der Waals surface area (Å²) in [4.78, 5) is 28.3. The van der Waals surface area contributed by atoms with Crippen molar-refractivity contribution in [1.29, 1.82) is 0 Å². The van der Waals surface area contributed by atoms with Gasteiger partial charge in [-0.25, -0.2) is 9.69 Å². The molecule has 23 heavy (non-hydrogen) atoms. The standard InChI is InChI=1S/C17H14Cl2N2O2/c1-17(11-6-4-3-5-7-11)15(22)21(16(23)20(17)2)12-8-9-13(18)14(19)10-12/h3-10H,1-2H3. The maximum absolute atomic E-state index is 13.0. The number of carbonyl (C=O) groups is 2. The van der Waals surface area contributed by atoms with Crippen molar-refractivity contribution < 1.29 is 9.59 Å². The average Bonchev–Trinajstić information content (AvgIpc) is 2.73. The van der Waals surface area contributed by atoms with Crippen LogP contribution in [0.2, 0.25) is 10.0 Å². The van der Waals surface area contributed by atoms with Gasteiger partial charge < -0.3 is 4.90 Å². The van der Waals surface area contributed by atoms with E-state index in [1.54, 1.807) is 26.1 Å².